The van der Waals surface area contributed by atoms with E-state index in [0.717, 1.165) is 37.0 Å². The number of carboxylic acid groups (broad SMARTS) is 1. The molecule has 0 unspecified atom stereocenters. The zero-order valence-corrected chi connectivity index (χ0v) is 25.1. The van der Waals surface area contributed by atoms with Crippen LogP contribution < -0.4 is 5.43 Å². The van der Waals surface area contributed by atoms with Crippen LogP contribution in [0.4, 0.5) is 17.1 Å². The monoisotopic (exact) mass is 570 g/mol. The van der Waals surface area contributed by atoms with Gasteiger partial charge in [-0.1, -0.05) is 47.5 Å². The number of rotatable bonds is 11. The molecule has 3 saturated carbocycles. The standard InChI is InChI=1S/C31H46N4O6/c1-19(2)6-7-20(3)23-10-11-24-22-9-13-28(31(5,17-15-29(36)37)25(22)14-16-30(23,24)4)33-32-26-12-8-21(34(38)39)18-27(26)35(40)41/h8,12,18-20,22-25,32H,6-7,9-11,13-17H2,1-5H3,(H,36,37)/b33-28-/t20-,22-,23+,24+,25-,30-,31+/m1/s1. The number of anilines is 1. The van der Waals surface area contributed by atoms with Crippen molar-refractivity contribution in [2.45, 2.75) is 98.8 Å². The molecule has 3 aliphatic carbocycles. The maximum absolute atomic E-state index is 11.7. The summed E-state index contributed by atoms with van der Waals surface area (Å²) in [6.45, 7) is 11.7. The van der Waals surface area contributed by atoms with Crippen molar-refractivity contribution < 1.29 is 19.7 Å². The molecular formula is C31H46N4O6. The number of benzene rings is 1. The Kier molecular flexibility index (Phi) is 9.09. The third-order valence-electron chi connectivity index (χ3n) is 11.1. The molecule has 0 bridgehead atoms. The van der Waals surface area contributed by atoms with Crippen LogP contribution in [0.15, 0.2) is 23.3 Å². The van der Waals surface area contributed by atoms with Gasteiger partial charge in [-0.2, -0.15) is 5.10 Å². The average Bonchev–Trinajstić information content (AvgIpc) is 3.27. The molecule has 10 nitrogen and oxygen atoms in total. The van der Waals surface area contributed by atoms with E-state index in [0.29, 0.717) is 47.8 Å². The predicted molar refractivity (Wildman–Crippen MR) is 159 cm³/mol. The van der Waals surface area contributed by atoms with E-state index in [4.69, 9.17) is 0 Å². The molecular weight excluding hydrogens is 524 g/mol. The molecule has 10 heteroatoms. The lowest BCUT2D eigenvalue weighted by atomic mass is 9.47. The molecule has 41 heavy (non-hydrogen) atoms. The molecule has 3 aliphatic rings. The Morgan fingerprint density at radius 3 is 2.44 bits per heavy atom. The topological polar surface area (TPSA) is 148 Å². The maximum atomic E-state index is 11.7. The first-order valence-electron chi connectivity index (χ1n) is 15.3. The molecule has 1 aromatic rings. The van der Waals surface area contributed by atoms with Crippen molar-refractivity contribution in [2.24, 2.45) is 51.4 Å². The van der Waals surface area contributed by atoms with E-state index in [2.05, 4.69) is 45.1 Å². The van der Waals surface area contributed by atoms with Gasteiger partial charge in [0, 0.05) is 23.6 Å². The van der Waals surface area contributed by atoms with Gasteiger partial charge in [0.15, 0.2) is 0 Å². The molecule has 0 amide bonds. The minimum Gasteiger partial charge on any atom is -0.481 e. The Hall–Kier alpha value is -3.04. The minimum absolute atomic E-state index is 0.0349. The summed E-state index contributed by atoms with van der Waals surface area (Å²) in [4.78, 5) is 33.2. The largest absolute Gasteiger partial charge is 0.481 e. The van der Waals surface area contributed by atoms with Gasteiger partial charge in [0.25, 0.3) is 5.69 Å². The fourth-order valence-electron chi connectivity index (χ4n) is 8.94. The van der Waals surface area contributed by atoms with Gasteiger partial charge in [-0.25, -0.2) is 0 Å². The molecule has 0 aliphatic heterocycles. The van der Waals surface area contributed by atoms with Crippen molar-refractivity contribution in [2.75, 3.05) is 5.43 Å². The molecule has 0 aromatic heterocycles. The zero-order valence-electron chi connectivity index (χ0n) is 25.1. The fourth-order valence-corrected chi connectivity index (χ4v) is 8.94. The fraction of sp³-hybridized carbons (Fsp3) is 0.742. The maximum Gasteiger partial charge on any atom is 0.303 e. The van der Waals surface area contributed by atoms with E-state index < -0.39 is 26.9 Å². The van der Waals surface area contributed by atoms with E-state index in [-0.39, 0.29) is 17.8 Å². The van der Waals surface area contributed by atoms with Crippen molar-refractivity contribution in [3.8, 4) is 0 Å². The Bertz CT molecular complexity index is 1200. The van der Waals surface area contributed by atoms with Crippen LogP contribution in [0, 0.1) is 66.6 Å². The summed E-state index contributed by atoms with van der Waals surface area (Å²) in [5.74, 6) is 2.70. The highest BCUT2D eigenvalue weighted by molar-refractivity contribution is 5.92. The summed E-state index contributed by atoms with van der Waals surface area (Å²) in [6, 6.07) is 3.46. The number of nitro groups is 2. The molecule has 0 radical (unpaired) electrons. The van der Waals surface area contributed by atoms with E-state index in [1.54, 1.807) is 0 Å². The van der Waals surface area contributed by atoms with E-state index in [9.17, 15) is 30.1 Å². The molecule has 7 atom stereocenters. The number of fused-ring (bicyclic) bond motifs is 3. The van der Waals surface area contributed by atoms with Crippen molar-refractivity contribution in [1.82, 2.24) is 0 Å². The number of nitrogens with zero attached hydrogens (tertiary/aromatic N) is 3. The molecule has 1 aromatic carbocycles. The summed E-state index contributed by atoms with van der Waals surface area (Å²) in [6.07, 6.45) is 9.35. The van der Waals surface area contributed by atoms with Gasteiger partial charge < -0.3 is 5.11 Å². The quantitative estimate of drug-likeness (QED) is 0.202. The Morgan fingerprint density at radius 2 is 1.80 bits per heavy atom. The van der Waals surface area contributed by atoms with Crippen LogP contribution in [-0.2, 0) is 4.79 Å². The summed E-state index contributed by atoms with van der Waals surface area (Å²) < 4.78 is 0. The van der Waals surface area contributed by atoms with Gasteiger partial charge in [0.05, 0.1) is 15.9 Å². The van der Waals surface area contributed by atoms with Gasteiger partial charge in [0.2, 0.25) is 0 Å². The molecule has 0 saturated heterocycles. The molecule has 2 N–H and O–H groups in total. The smallest absolute Gasteiger partial charge is 0.303 e. The Balaban J connectivity index is 1.61. The summed E-state index contributed by atoms with van der Waals surface area (Å²) in [5, 5.41) is 37.1. The number of nitro benzene ring substituents is 2. The van der Waals surface area contributed by atoms with Crippen LogP contribution in [0.5, 0.6) is 0 Å². The summed E-state index contributed by atoms with van der Waals surface area (Å²) in [7, 11) is 0. The second-order valence-electron chi connectivity index (χ2n) is 13.8. The first-order valence-corrected chi connectivity index (χ1v) is 15.3. The minimum atomic E-state index is -0.841. The summed E-state index contributed by atoms with van der Waals surface area (Å²) in [5.41, 5.74) is 2.85. The highest BCUT2D eigenvalue weighted by Crippen LogP contribution is 2.66. The van der Waals surface area contributed by atoms with E-state index >= 15 is 0 Å². The number of carbonyl (C=O) groups is 1. The van der Waals surface area contributed by atoms with Crippen LogP contribution in [0.1, 0.15) is 98.8 Å². The van der Waals surface area contributed by atoms with E-state index in [1.165, 1.54) is 37.8 Å². The van der Waals surface area contributed by atoms with Crippen molar-refractivity contribution in [1.29, 1.82) is 0 Å². The van der Waals surface area contributed by atoms with E-state index in [1.807, 2.05) is 0 Å². The van der Waals surface area contributed by atoms with Gasteiger partial charge in [-0.15, -0.1) is 0 Å². The third-order valence-corrected chi connectivity index (χ3v) is 11.1. The Labute approximate surface area is 242 Å². The molecule has 226 valence electrons. The SMILES string of the molecule is CC(C)CC[C@@H](C)[C@@H]1CC[C@H]2[C@H]3CC/C(=N/Nc4ccc([N+](=O)[O-])cc4[N+](=O)[O-])[C@@](C)(CCC(=O)O)[C@@H]3CC[C@@]21C. The van der Waals surface area contributed by atoms with Gasteiger partial charge in [0.1, 0.15) is 5.69 Å². The molecule has 0 spiro atoms. The lowest BCUT2D eigenvalue weighted by molar-refractivity contribution is -0.393. The number of hydrogen-bond acceptors (Lipinski definition) is 7. The average molecular weight is 571 g/mol. The first kappa shape index (κ1) is 30.9. The van der Waals surface area contributed by atoms with Gasteiger partial charge >= 0.3 is 11.7 Å². The molecule has 3 fully saturated rings. The molecule has 0 heterocycles. The lowest BCUT2D eigenvalue weighted by Gasteiger charge is -2.57. The number of aliphatic carboxylic acids is 1. The predicted octanol–water partition coefficient (Wildman–Crippen LogP) is 8.07. The lowest BCUT2D eigenvalue weighted by Crippen LogP contribution is -2.53. The zero-order chi connectivity index (χ0) is 30.1. The first-order chi connectivity index (χ1) is 19.3. The van der Waals surface area contributed by atoms with Crippen LogP contribution >= 0.6 is 0 Å². The van der Waals surface area contributed by atoms with Crippen molar-refractivity contribution in [3.05, 3.63) is 38.4 Å². The van der Waals surface area contributed by atoms with Crippen molar-refractivity contribution in [3.63, 3.8) is 0 Å². The number of nitrogens with one attached hydrogen (secondary N) is 1. The third kappa shape index (κ3) is 6.11. The second-order valence-corrected chi connectivity index (χ2v) is 13.8. The highest BCUT2D eigenvalue weighted by atomic mass is 16.6. The Morgan fingerprint density at radius 1 is 1.07 bits per heavy atom. The number of carboxylic acids is 1. The van der Waals surface area contributed by atoms with Crippen LogP contribution in [0.2, 0.25) is 0 Å². The highest BCUT2D eigenvalue weighted by Gasteiger charge is 2.59. The van der Waals surface area contributed by atoms with Gasteiger partial charge in [-0.05, 0) is 91.9 Å². The molecule has 4 rings (SSSR count). The van der Waals surface area contributed by atoms with Crippen molar-refractivity contribution >= 4 is 28.7 Å². The van der Waals surface area contributed by atoms with Crippen LogP contribution in [-0.4, -0.2) is 26.6 Å². The summed E-state index contributed by atoms with van der Waals surface area (Å²) >= 11 is 0. The normalized spacial score (nSPS) is 32.8. The second kappa shape index (κ2) is 12.1. The van der Waals surface area contributed by atoms with Crippen LogP contribution in [0.3, 0.4) is 0 Å². The van der Waals surface area contributed by atoms with Crippen LogP contribution in [0.25, 0.3) is 0 Å². The number of non-ortho nitro benzene ring substituents is 1. The number of hydrogen-bond donors (Lipinski definition) is 2. The van der Waals surface area contributed by atoms with Gasteiger partial charge in [-0.3, -0.25) is 30.4 Å². The number of hydrazone groups is 1.